The van der Waals surface area contributed by atoms with E-state index in [9.17, 15) is 0 Å². The van der Waals surface area contributed by atoms with E-state index in [2.05, 4.69) is 9.80 Å². The molecule has 3 aliphatic heterocycles. The van der Waals surface area contributed by atoms with Crippen LogP contribution in [0, 0.1) is 0 Å². The van der Waals surface area contributed by atoms with Gasteiger partial charge in [-0.1, -0.05) is 0 Å². The van der Waals surface area contributed by atoms with Crippen molar-refractivity contribution < 1.29 is 84.5 Å². The van der Waals surface area contributed by atoms with Crippen molar-refractivity contribution in [2.45, 2.75) is 0 Å². The van der Waals surface area contributed by atoms with Crippen LogP contribution in [-0.2, 0) is 28.4 Å². The molecule has 3 heterocycles. The summed E-state index contributed by atoms with van der Waals surface area (Å²) in [5.74, 6) is 0. The van der Waals surface area contributed by atoms with Crippen LogP contribution < -0.4 is 56.1 Å². The van der Waals surface area contributed by atoms with Gasteiger partial charge in [0, 0.05) is 39.3 Å². The third-order valence-electron chi connectivity index (χ3n) is 4.43. The molecular weight excluding hydrogens is 398 g/mol. The van der Waals surface area contributed by atoms with E-state index in [0.717, 1.165) is 39.3 Å². The zero-order valence-electron chi connectivity index (χ0n) is 17.4. The average Bonchev–Trinajstić information content (AvgIpc) is 2.65. The fourth-order valence-electron chi connectivity index (χ4n) is 2.80. The fraction of sp³-hybridized carbons (Fsp3) is 1.00. The van der Waals surface area contributed by atoms with Gasteiger partial charge in [-0.05, 0) is 0 Å². The molecule has 0 aromatic rings. The molecule has 3 fully saturated rings. The molecule has 2 bridgehead atoms. The van der Waals surface area contributed by atoms with E-state index in [1.165, 1.54) is 0 Å². The number of hydrogen-bond donors (Lipinski definition) is 0. The molecular formula is C18H36FKN2O6. The maximum absolute atomic E-state index is 5.70. The second-order valence-corrected chi connectivity index (χ2v) is 6.36. The molecule has 0 N–H and O–H groups in total. The Labute approximate surface area is 211 Å². The Morgan fingerprint density at radius 2 is 0.500 bits per heavy atom. The van der Waals surface area contributed by atoms with Crippen LogP contribution in [0.3, 0.4) is 0 Å². The molecule has 3 saturated heterocycles. The largest absolute Gasteiger partial charge is 1.00 e. The van der Waals surface area contributed by atoms with E-state index >= 15 is 0 Å². The van der Waals surface area contributed by atoms with Gasteiger partial charge in [-0.15, -0.1) is 0 Å². The van der Waals surface area contributed by atoms with Crippen molar-refractivity contribution in [2.24, 2.45) is 0 Å². The van der Waals surface area contributed by atoms with E-state index in [1.54, 1.807) is 0 Å². The molecule has 0 aromatic carbocycles. The molecule has 0 radical (unpaired) electrons. The number of nitrogens with zero attached hydrogens (tertiary/aromatic N) is 2. The van der Waals surface area contributed by atoms with Gasteiger partial charge in [0.15, 0.2) is 0 Å². The van der Waals surface area contributed by atoms with Gasteiger partial charge in [0.2, 0.25) is 0 Å². The van der Waals surface area contributed by atoms with E-state index in [0.29, 0.717) is 79.3 Å². The van der Waals surface area contributed by atoms with Crippen LogP contribution in [0.2, 0.25) is 0 Å². The van der Waals surface area contributed by atoms with E-state index in [-0.39, 0.29) is 56.1 Å². The van der Waals surface area contributed by atoms with Gasteiger partial charge in [-0.3, -0.25) is 9.80 Å². The van der Waals surface area contributed by atoms with Crippen molar-refractivity contribution in [1.29, 1.82) is 0 Å². The average molecular weight is 435 g/mol. The molecule has 0 atom stereocenters. The van der Waals surface area contributed by atoms with Crippen molar-refractivity contribution in [1.82, 2.24) is 9.80 Å². The van der Waals surface area contributed by atoms with Crippen molar-refractivity contribution in [3.8, 4) is 0 Å². The molecule has 10 heteroatoms. The van der Waals surface area contributed by atoms with E-state index < -0.39 is 0 Å². The summed E-state index contributed by atoms with van der Waals surface area (Å²) in [4.78, 5) is 4.62. The van der Waals surface area contributed by atoms with Gasteiger partial charge in [0.25, 0.3) is 0 Å². The summed E-state index contributed by atoms with van der Waals surface area (Å²) >= 11 is 0. The number of halogens is 1. The molecule has 8 nitrogen and oxygen atoms in total. The Balaban J connectivity index is 0.00000364. The van der Waals surface area contributed by atoms with Crippen LogP contribution in [0.15, 0.2) is 0 Å². The van der Waals surface area contributed by atoms with Crippen LogP contribution in [0.1, 0.15) is 0 Å². The molecule has 0 saturated carbocycles. The molecule has 3 rings (SSSR count). The van der Waals surface area contributed by atoms with Gasteiger partial charge in [-0.25, -0.2) is 0 Å². The standard InChI is InChI=1S/C18H36N2O6.FH.K/c1-7-21-13-14-24-10-4-20-5-11-25-17-15-22-8-2-19(1)3-9-23-16-18-26-12-6-20;;/h1-18H2;1H;/q;;+1/p-1. The third-order valence-corrected chi connectivity index (χ3v) is 4.43. The number of rotatable bonds is 0. The van der Waals surface area contributed by atoms with E-state index in [1.807, 2.05) is 0 Å². The second-order valence-electron chi connectivity index (χ2n) is 6.36. The van der Waals surface area contributed by atoms with Crippen molar-refractivity contribution in [2.75, 3.05) is 119 Å². The van der Waals surface area contributed by atoms with E-state index in [4.69, 9.17) is 28.4 Å². The molecule has 0 unspecified atom stereocenters. The summed E-state index contributed by atoms with van der Waals surface area (Å²) in [6.45, 7) is 13.2. The van der Waals surface area contributed by atoms with Gasteiger partial charge in [0.05, 0.1) is 79.3 Å². The minimum Gasteiger partial charge on any atom is -1.00 e. The topological polar surface area (TPSA) is 61.9 Å². The van der Waals surface area contributed by atoms with Crippen LogP contribution >= 0.6 is 0 Å². The van der Waals surface area contributed by atoms with Crippen LogP contribution in [0.25, 0.3) is 0 Å². The molecule has 162 valence electrons. The molecule has 0 aromatic heterocycles. The van der Waals surface area contributed by atoms with Crippen molar-refractivity contribution >= 4 is 0 Å². The molecule has 28 heavy (non-hydrogen) atoms. The van der Waals surface area contributed by atoms with Crippen LogP contribution in [0.4, 0.5) is 0 Å². The van der Waals surface area contributed by atoms with Crippen molar-refractivity contribution in [3.05, 3.63) is 0 Å². The quantitative estimate of drug-likeness (QED) is 0.349. The summed E-state index contributed by atoms with van der Waals surface area (Å²) in [5, 5.41) is 0. The van der Waals surface area contributed by atoms with Gasteiger partial charge in [-0.2, -0.15) is 0 Å². The summed E-state index contributed by atoms with van der Waals surface area (Å²) in [7, 11) is 0. The second kappa shape index (κ2) is 21.5. The molecule has 0 spiro atoms. The SMILES string of the molecule is C1COCCN2CCOCCOCCN(CCO1)CCOCCOCC2.[F-].[K+]. The first kappa shape index (κ1) is 29.2. The minimum atomic E-state index is 0. The van der Waals surface area contributed by atoms with Gasteiger partial charge in [0.1, 0.15) is 0 Å². The minimum absolute atomic E-state index is 0. The normalized spacial score (nSPS) is 28.3. The van der Waals surface area contributed by atoms with Gasteiger partial charge >= 0.3 is 51.4 Å². The maximum Gasteiger partial charge on any atom is 1.00 e. The monoisotopic (exact) mass is 434 g/mol. The molecule has 3 aliphatic rings. The Hall–Kier alpha value is 1.25. The summed E-state index contributed by atoms with van der Waals surface area (Å²) in [5.41, 5.74) is 0. The first-order valence-corrected chi connectivity index (χ1v) is 9.86. The van der Waals surface area contributed by atoms with Crippen LogP contribution in [-0.4, -0.2) is 128 Å². The smallest absolute Gasteiger partial charge is 1.00 e. The third kappa shape index (κ3) is 16.0. The molecule has 0 amide bonds. The summed E-state index contributed by atoms with van der Waals surface area (Å²) in [6, 6.07) is 0. The Kier molecular flexibility index (Phi) is 22.4. The molecule has 0 aliphatic carbocycles. The zero-order valence-corrected chi connectivity index (χ0v) is 20.6. The number of ether oxygens (including phenoxy) is 6. The summed E-state index contributed by atoms with van der Waals surface area (Å²) in [6.07, 6.45) is 0. The first-order valence-electron chi connectivity index (χ1n) is 9.86. The number of hydrogen-bond acceptors (Lipinski definition) is 8. The summed E-state index contributed by atoms with van der Waals surface area (Å²) < 4.78 is 34.2. The predicted molar refractivity (Wildman–Crippen MR) is 97.8 cm³/mol. The van der Waals surface area contributed by atoms with Crippen molar-refractivity contribution in [3.63, 3.8) is 0 Å². The first-order chi connectivity index (χ1) is 12.9. The predicted octanol–water partition coefficient (Wildman–Crippen LogP) is -6.27. The Morgan fingerprint density at radius 1 is 0.321 bits per heavy atom. The Morgan fingerprint density at radius 3 is 0.679 bits per heavy atom. The van der Waals surface area contributed by atoms with Crippen LogP contribution in [0.5, 0.6) is 0 Å². The fourth-order valence-corrected chi connectivity index (χ4v) is 2.80. The maximum atomic E-state index is 5.70. The Bertz CT molecular complexity index is 259. The van der Waals surface area contributed by atoms with Gasteiger partial charge < -0.3 is 33.1 Å². The number of fused-ring (bicyclic) bond motifs is 21. The zero-order chi connectivity index (χ0) is 18.1.